The summed E-state index contributed by atoms with van der Waals surface area (Å²) in [5.41, 5.74) is 1.09. The molecule has 0 unspecified atom stereocenters. The molecule has 1 aromatic carbocycles. The number of carboxylic acids is 1. The molecule has 1 N–H and O–H groups in total. The van der Waals surface area contributed by atoms with Crippen molar-refractivity contribution in [2.45, 2.75) is 38.7 Å². The Bertz CT molecular complexity index is 726. The molecule has 0 radical (unpaired) electrons. The Kier molecular flexibility index (Phi) is 4.14. The first kappa shape index (κ1) is 15.3. The van der Waals surface area contributed by atoms with Crippen molar-refractivity contribution in [2.24, 2.45) is 0 Å². The lowest BCUT2D eigenvalue weighted by Crippen LogP contribution is -2.13. The molecule has 6 heteroatoms. The summed E-state index contributed by atoms with van der Waals surface area (Å²) in [6.07, 6.45) is 3.45. The summed E-state index contributed by atoms with van der Waals surface area (Å²) < 4.78 is 11.2. The predicted molar refractivity (Wildman–Crippen MR) is 83.2 cm³/mol. The van der Waals surface area contributed by atoms with Crippen LogP contribution >= 0.6 is 0 Å². The maximum atomic E-state index is 11.6. The van der Waals surface area contributed by atoms with Crippen LogP contribution in [-0.4, -0.2) is 27.4 Å². The van der Waals surface area contributed by atoms with E-state index in [2.05, 4.69) is 16.3 Å². The zero-order valence-electron chi connectivity index (χ0n) is 13.0. The van der Waals surface area contributed by atoms with Crippen molar-refractivity contribution < 1.29 is 19.4 Å². The Morgan fingerprint density at radius 2 is 2.13 bits per heavy atom. The third-order valence-corrected chi connectivity index (χ3v) is 3.48. The van der Waals surface area contributed by atoms with Crippen LogP contribution in [0.25, 0.3) is 0 Å². The van der Waals surface area contributed by atoms with Crippen molar-refractivity contribution in [1.82, 2.24) is 10.2 Å². The normalized spacial score (nSPS) is 13.9. The summed E-state index contributed by atoms with van der Waals surface area (Å²) in [4.78, 5) is 11.6. The van der Waals surface area contributed by atoms with Gasteiger partial charge >= 0.3 is 5.97 Å². The molecule has 6 nitrogen and oxygen atoms in total. The lowest BCUT2D eigenvalue weighted by molar-refractivity contribution is 0.0685. The molecule has 0 amide bonds. The molecule has 23 heavy (non-hydrogen) atoms. The highest BCUT2D eigenvalue weighted by atomic mass is 16.5. The number of carbonyl (C=O) groups is 1. The Labute approximate surface area is 134 Å². The molecule has 0 bridgehead atoms. The number of ether oxygens (including phenoxy) is 2. The minimum Gasteiger partial charge on any atom is -0.477 e. The Morgan fingerprint density at radius 3 is 2.78 bits per heavy atom. The number of aromatic nitrogens is 2. The second-order valence-corrected chi connectivity index (χ2v) is 5.81. The molecule has 0 saturated heterocycles. The first-order chi connectivity index (χ1) is 11.0. The SMILES string of the molecule is CC(C)Oc1nncc(Oc2cccc(C3CC3)c2)c1C(=O)O. The first-order valence-corrected chi connectivity index (χ1v) is 7.58. The van der Waals surface area contributed by atoms with Gasteiger partial charge in [-0.15, -0.1) is 5.10 Å². The second kappa shape index (κ2) is 6.24. The zero-order valence-corrected chi connectivity index (χ0v) is 13.0. The standard InChI is InChI=1S/C17H18N2O4/c1-10(2)22-16-15(17(20)21)14(9-18-19-16)23-13-5-3-4-12(8-13)11-6-7-11/h3-5,8-11H,6-7H2,1-2H3,(H,20,21). The van der Waals surface area contributed by atoms with Gasteiger partial charge in [-0.3, -0.25) is 0 Å². The van der Waals surface area contributed by atoms with E-state index in [0.29, 0.717) is 11.7 Å². The van der Waals surface area contributed by atoms with Gasteiger partial charge in [-0.1, -0.05) is 12.1 Å². The van der Waals surface area contributed by atoms with E-state index in [-0.39, 0.29) is 23.3 Å². The molecule has 1 aromatic heterocycles. The summed E-state index contributed by atoms with van der Waals surface area (Å²) >= 11 is 0. The molecule has 1 heterocycles. The zero-order chi connectivity index (χ0) is 16.4. The third kappa shape index (κ3) is 3.59. The van der Waals surface area contributed by atoms with E-state index in [1.807, 2.05) is 12.1 Å². The monoisotopic (exact) mass is 314 g/mol. The molecular weight excluding hydrogens is 296 g/mol. The quantitative estimate of drug-likeness (QED) is 0.876. The number of benzene rings is 1. The molecule has 1 fully saturated rings. The minimum atomic E-state index is -1.16. The molecule has 1 aliphatic rings. The molecule has 0 atom stereocenters. The average molecular weight is 314 g/mol. The first-order valence-electron chi connectivity index (χ1n) is 7.58. The lowest BCUT2D eigenvalue weighted by Gasteiger charge is -2.13. The fourth-order valence-corrected chi connectivity index (χ4v) is 2.31. The van der Waals surface area contributed by atoms with Crippen LogP contribution in [0.2, 0.25) is 0 Å². The maximum Gasteiger partial charge on any atom is 0.345 e. The fraction of sp³-hybridized carbons (Fsp3) is 0.353. The Balaban J connectivity index is 1.92. The van der Waals surface area contributed by atoms with E-state index in [1.165, 1.54) is 24.6 Å². The van der Waals surface area contributed by atoms with E-state index in [0.717, 1.165) is 0 Å². The molecule has 0 spiro atoms. The fourth-order valence-electron chi connectivity index (χ4n) is 2.31. The summed E-state index contributed by atoms with van der Waals surface area (Å²) in [7, 11) is 0. The van der Waals surface area contributed by atoms with Crippen LogP contribution in [0.15, 0.2) is 30.5 Å². The maximum absolute atomic E-state index is 11.6. The van der Waals surface area contributed by atoms with E-state index in [4.69, 9.17) is 9.47 Å². The second-order valence-electron chi connectivity index (χ2n) is 5.81. The van der Waals surface area contributed by atoms with E-state index in [9.17, 15) is 9.90 Å². The topological polar surface area (TPSA) is 81.5 Å². The van der Waals surface area contributed by atoms with Gasteiger partial charge in [0.2, 0.25) is 0 Å². The molecular formula is C17H18N2O4. The van der Waals surface area contributed by atoms with Crippen LogP contribution in [0.1, 0.15) is 48.5 Å². The van der Waals surface area contributed by atoms with Gasteiger partial charge in [0.05, 0.1) is 12.3 Å². The Morgan fingerprint density at radius 1 is 1.35 bits per heavy atom. The van der Waals surface area contributed by atoms with Gasteiger partial charge in [-0.2, -0.15) is 5.10 Å². The Hall–Kier alpha value is -2.63. The van der Waals surface area contributed by atoms with Crippen LogP contribution in [0.4, 0.5) is 0 Å². The summed E-state index contributed by atoms with van der Waals surface area (Å²) in [6, 6.07) is 7.69. The van der Waals surface area contributed by atoms with Crippen molar-refractivity contribution in [3.8, 4) is 17.4 Å². The number of hydrogen-bond acceptors (Lipinski definition) is 5. The van der Waals surface area contributed by atoms with Crippen LogP contribution in [0, 0.1) is 0 Å². The number of aromatic carboxylic acids is 1. The summed E-state index contributed by atoms with van der Waals surface area (Å²) in [6.45, 7) is 3.58. The highest BCUT2D eigenvalue weighted by Crippen LogP contribution is 2.41. The average Bonchev–Trinajstić information content (AvgIpc) is 3.31. The largest absolute Gasteiger partial charge is 0.477 e. The van der Waals surface area contributed by atoms with Crippen molar-refractivity contribution in [1.29, 1.82) is 0 Å². The van der Waals surface area contributed by atoms with Gasteiger partial charge in [-0.25, -0.2) is 4.79 Å². The lowest BCUT2D eigenvalue weighted by atomic mass is 10.1. The van der Waals surface area contributed by atoms with Crippen molar-refractivity contribution in [3.63, 3.8) is 0 Å². The number of nitrogens with zero attached hydrogens (tertiary/aromatic N) is 2. The van der Waals surface area contributed by atoms with Gasteiger partial charge in [-0.05, 0) is 50.3 Å². The summed E-state index contributed by atoms with van der Waals surface area (Å²) in [5.74, 6) is 0.0941. The van der Waals surface area contributed by atoms with Gasteiger partial charge < -0.3 is 14.6 Å². The third-order valence-electron chi connectivity index (χ3n) is 3.48. The van der Waals surface area contributed by atoms with E-state index in [1.54, 1.807) is 19.9 Å². The van der Waals surface area contributed by atoms with Crippen LogP contribution in [0.5, 0.6) is 17.4 Å². The van der Waals surface area contributed by atoms with Crippen molar-refractivity contribution in [3.05, 3.63) is 41.6 Å². The van der Waals surface area contributed by atoms with Crippen molar-refractivity contribution in [2.75, 3.05) is 0 Å². The van der Waals surface area contributed by atoms with Crippen LogP contribution in [-0.2, 0) is 0 Å². The van der Waals surface area contributed by atoms with E-state index >= 15 is 0 Å². The molecule has 2 aromatic rings. The number of rotatable bonds is 6. The van der Waals surface area contributed by atoms with Gasteiger partial charge in [0.15, 0.2) is 11.3 Å². The number of carboxylic acid groups (broad SMARTS) is 1. The predicted octanol–water partition coefficient (Wildman–Crippen LogP) is 3.63. The molecule has 0 aliphatic heterocycles. The van der Waals surface area contributed by atoms with Gasteiger partial charge in [0.25, 0.3) is 5.88 Å². The highest BCUT2D eigenvalue weighted by Gasteiger charge is 2.25. The summed E-state index contributed by atoms with van der Waals surface area (Å²) in [5, 5.41) is 17.0. The molecule has 1 saturated carbocycles. The smallest absolute Gasteiger partial charge is 0.345 e. The van der Waals surface area contributed by atoms with Crippen molar-refractivity contribution >= 4 is 5.97 Å². The van der Waals surface area contributed by atoms with Gasteiger partial charge in [0.1, 0.15) is 5.75 Å². The number of hydrogen-bond donors (Lipinski definition) is 1. The van der Waals surface area contributed by atoms with Crippen LogP contribution < -0.4 is 9.47 Å². The van der Waals surface area contributed by atoms with Gasteiger partial charge in [0, 0.05) is 0 Å². The van der Waals surface area contributed by atoms with Crippen LogP contribution in [0.3, 0.4) is 0 Å². The minimum absolute atomic E-state index is 0.0386. The van der Waals surface area contributed by atoms with E-state index < -0.39 is 5.97 Å². The molecule has 120 valence electrons. The molecule has 1 aliphatic carbocycles. The highest BCUT2D eigenvalue weighted by molar-refractivity contribution is 5.93. The molecule has 3 rings (SSSR count).